The molecule has 4 atom stereocenters. The summed E-state index contributed by atoms with van der Waals surface area (Å²) in [4.78, 5) is 24.9. The van der Waals surface area contributed by atoms with Crippen LogP contribution in [0.15, 0.2) is 15.8 Å². The number of hydrogen-bond acceptors (Lipinski definition) is 5. The molecule has 0 bridgehead atoms. The smallest absolute Gasteiger partial charge is 0.328 e. The van der Waals surface area contributed by atoms with Crippen LogP contribution in [0.4, 0.5) is 0 Å². The molecule has 0 spiro atoms. The van der Waals surface area contributed by atoms with E-state index in [1.165, 1.54) is 10.8 Å². The SMILES string of the molecule is Cc1cn(C[C@H]2[C@@H](O)[C@@H](O)[C@H]2CO)c(=O)[nH]c1=O. The maximum absolute atomic E-state index is 11.6. The summed E-state index contributed by atoms with van der Waals surface area (Å²) in [6, 6.07) is 0. The average molecular weight is 256 g/mol. The third-order valence-electron chi connectivity index (χ3n) is 3.58. The van der Waals surface area contributed by atoms with Gasteiger partial charge in [0.2, 0.25) is 0 Å². The Labute approximate surface area is 102 Å². The fourth-order valence-corrected chi connectivity index (χ4v) is 2.34. The lowest BCUT2D eigenvalue weighted by atomic mass is 9.68. The van der Waals surface area contributed by atoms with Gasteiger partial charge in [0.05, 0.1) is 12.2 Å². The van der Waals surface area contributed by atoms with Gasteiger partial charge in [0, 0.05) is 36.7 Å². The number of aliphatic hydroxyl groups excluding tert-OH is 3. The summed E-state index contributed by atoms with van der Waals surface area (Å²) < 4.78 is 1.28. The van der Waals surface area contributed by atoms with Crippen molar-refractivity contribution < 1.29 is 15.3 Å². The largest absolute Gasteiger partial charge is 0.396 e. The summed E-state index contributed by atoms with van der Waals surface area (Å²) in [5, 5.41) is 28.1. The van der Waals surface area contributed by atoms with Crippen LogP contribution < -0.4 is 11.2 Å². The summed E-state index contributed by atoms with van der Waals surface area (Å²) in [6.45, 7) is 1.48. The first-order chi connectivity index (χ1) is 8.45. The second-order valence-corrected chi connectivity index (χ2v) is 4.72. The van der Waals surface area contributed by atoms with E-state index < -0.39 is 35.3 Å². The first-order valence-corrected chi connectivity index (χ1v) is 5.73. The van der Waals surface area contributed by atoms with Crippen LogP contribution in [0.1, 0.15) is 5.56 Å². The fraction of sp³-hybridized carbons (Fsp3) is 0.636. The molecule has 1 aromatic heterocycles. The Morgan fingerprint density at radius 2 is 1.89 bits per heavy atom. The molecule has 4 N–H and O–H groups in total. The second kappa shape index (κ2) is 4.68. The third kappa shape index (κ3) is 2.00. The number of rotatable bonds is 3. The molecule has 1 heterocycles. The van der Waals surface area contributed by atoms with E-state index >= 15 is 0 Å². The van der Waals surface area contributed by atoms with Crippen LogP contribution in [0.25, 0.3) is 0 Å². The molecule has 1 aliphatic rings. The maximum Gasteiger partial charge on any atom is 0.328 e. The Kier molecular flexibility index (Phi) is 3.38. The normalized spacial score (nSPS) is 31.1. The number of hydrogen-bond donors (Lipinski definition) is 4. The Bertz CT molecular complexity index is 549. The van der Waals surface area contributed by atoms with Crippen LogP contribution in [0.2, 0.25) is 0 Å². The molecule has 100 valence electrons. The van der Waals surface area contributed by atoms with Gasteiger partial charge in [-0.2, -0.15) is 0 Å². The van der Waals surface area contributed by atoms with Crippen molar-refractivity contribution in [1.82, 2.24) is 9.55 Å². The molecule has 1 fully saturated rings. The van der Waals surface area contributed by atoms with Crippen molar-refractivity contribution in [2.75, 3.05) is 6.61 Å². The van der Waals surface area contributed by atoms with E-state index in [-0.39, 0.29) is 13.2 Å². The molecule has 1 saturated carbocycles. The topological polar surface area (TPSA) is 116 Å². The van der Waals surface area contributed by atoms with Gasteiger partial charge in [-0.25, -0.2) is 4.79 Å². The number of aryl methyl sites for hydroxylation is 1. The molecule has 0 unspecified atom stereocenters. The quantitative estimate of drug-likeness (QED) is 0.490. The van der Waals surface area contributed by atoms with Gasteiger partial charge in [0.15, 0.2) is 0 Å². The Morgan fingerprint density at radius 1 is 1.28 bits per heavy atom. The molecule has 7 nitrogen and oxygen atoms in total. The zero-order valence-electron chi connectivity index (χ0n) is 9.91. The minimum atomic E-state index is -0.959. The highest BCUT2D eigenvalue weighted by atomic mass is 16.3. The molecule has 1 aromatic rings. The fourth-order valence-electron chi connectivity index (χ4n) is 2.34. The van der Waals surface area contributed by atoms with Crippen molar-refractivity contribution in [3.05, 3.63) is 32.6 Å². The van der Waals surface area contributed by atoms with Gasteiger partial charge in [-0.05, 0) is 6.92 Å². The van der Waals surface area contributed by atoms with Crippen molar-refractivity contribution in [1.29, 1.82) is 0 Å². The van der Waals surface area contributed by atoms with E-state index in [0.29, 0.717) is 5.56 Å². The van der Waals surface area contributed by atoms with Crippen LogP contribution in [0.5, 0.6) is 0 Å². The van der Waals surface area contributed by atoms with Crippen LogP contribution in [-0.2, 0) is 6.54 Å². The molecule has 0 radical (unpaired) electrons. The predicted octanol–water partition coefficient (Wildman–Crippen LogP) is -2.19. The summed E-state index contributed by atoms with van der Waals surface area (Å²) in [7, 11) is 0. The third-order valence-corrected chi connectivity index (χ3v) is 3.58. The van der Waals surface area contributed by atoms with Gasteiger partial charge >= 0.3 is 5.69 Å². The van der Waals surface area contributed by atoms with E-state index in [1.807, 2.05) is 0 Å². The number of aromatic nitrogens is 2. The van der Waals surface area contributed by atoms with Crippen molar-refractivity contribution in [2.24, 2.45) is 11.8 Å². The highest BCUT2D eigenvalue weighted by Gasteiger charge is 2.48. The van der Waals surface area contributed by atoms with Gasteiger partial charge in [-0.1, -0.05) is 0 Å². The van der Waals surface area contributed by atoms with Crippen LogP contribution in [-0.4, -0.2) is 43.7 Å². The van der Waals surface area contributed by atoms with Crippen LogP contribution >= 0.6 is 0 Å². The van der Waals surface area contributed by atoms with E-state index in [0.717, 1.165) is 0 Å². The lowest BCUT2D eigenvalue weighted by Gasteiger charge is -2.45. The monoisotopic (exact) mass is 256 g/mol. The number of aromatic amines is 1. The molecule has 0 aromatic carbocycles. The van der Waals surface area contributed by atoms with Gasteiger partial charge < -0.3 is 15.3 Å². The zero-order valence-corrected chi connectivity index (χ0v) is 9.91. The molecule has 2 rings (SSSR count). The molecule has 0 aliphatic heterocycles. The highest BCUT2D eigenvalue weighted by molar-refractivity contribution is 5.03. The van der Waals surface area contributed by atoms with Gasteiger partial charge in [-0.15, -0.1) is 0 Å². The molecule has 0 saturated heterocycles. The van der Waals surface area contributed by atoms with E-state index in [2.05, 4.69) is 4.98 Å². The van der Waals surface area contributed by atoms with Crippen LogP contribution in [0.3, 0.4) is 0 Å². The molecule has 0 amide bonds. The Hall–Kier alpha value is -1.44. The minimum absolute atomic E-state index is 0.153. The predicted molar refractivity (Wildman–Crippen MR) is 62.1 cm³/mol. The molecule has 1 aliphatic carbocycles. The molecular weight excluding hydrogens is 240 g/mol. The standard InChI is InChI=1S/C11H16N2O5/c1-5-2-13(11(18)12-10(5)17)3-6-7(4-14)9(16)8(6)15/h2,6-9,14-16H,3-4H2,1H3,(H,12,17,18)/t6-,7+,8-,9+/m1/s1. The summed E-state index contributed by atoms with van der Waals surface area (Å²) in [6.07, 6.45) is -0.506. The lowest BCUT2D eigenvalue weighted by Crippen LogP contribution is -2.59. The van der Waals surface area contributed by atoms with Gasteiger partial charge in [0.25, 0.3) is 5.56 Å². The minimum Gasteiger partial charge on any atom is -0.396 e. The van der Waals surface area contributed by atoms with Gasteiger partial charge in [0.1, 0.15) is 0 Å². The average Bonchev–Trinajstić information content (AvgIpc) is 2.34. The van der Waals surface area contributed by atoms with Crippen LogP contribution in [0, 0.1) is 18.8 Å². The Morgan fingerprint density at radius 3 is 2.50 bits per heavy atom. The Balaban J connectivity index is 2.23. The summed E-state index contributed by atoms with van der Waals surface area (Å²) in [5.41, 5.74) is -0.607. The molecule has 7 heteroatoms. The number of aliphatic hydroxyl groups is 3. The first kappa shape index (κ1) is 13.0. The van der Waals surface area contributed by atoms with E-state index in [1.54, 1.807) is 6.92 Å². The van der Waals surface area contributed by atoms with Gasteiger partial charge in [-0.3, -0.25) is 14.3 Å². The first-order valence-electron chi connectivity index (χ1n) is 5.73. The number of H-pyrrole nitrogens is 1. The highest BCUT2D eigenvalue weighted by Crippen LogP contribution is 2.35. The van der Waals surface area contributed by atoms with Crippen molar-refractivity contribution in [3.8, 4) is 0 Å². The van der Waals surface area contributed by atoms with E-state index in [4.69, 9.17) is 5.11 Å². The summed E-state index contributed by atoms with van der Waals surface area (Å²) in [5.74, 6) is -0.841. The summed E-state index contributed by atoms with van der Waals surface area (Å²) >= 11 is 0. The van der Waals surface area contributed by atoms with Crippen molar-refractivity contribution in [2.45, 2.75) is 25.7 Å². The maximum atomic E-state index is 11.6. The van der Waals surface area contributed by atoms with E-state index in [9.17, 15) is 19.8 Å². The van der Waals surface area contributed by atoms with Crippen molar-refractivity contribution in [3.63, 3.8) is 0 Å². The lowest BCUT2D eigenvalue weighted by molar-refractivity contribution is -0.171. The number of nitrogens with zero attached hydrogens (tertiary/aromatic N) is 1. The van der Waals surface area contributed by atoms with Crippen molar-refractivity contribution >= 4 is 0 Å². The zero-order chi connectivity index (χ0) is 13.4. The second-order valence-electron chi connectivity index (χ2n) is 4.72. The number of nitrogens with one attached hydrogen (secondary N) is 1. The molecular formula is C11H16N2O5. The molecule has 18 heavy (non-hydrogen) atoms.